The van der Waals surface area contributed by atoms with Gasteiger partial charge in [0.1, 0.15) is 5.75 Å². The Morgan fingerprint density at radius 2 is 1.64 bits per heavy atom. The van der Waals surface area contributed by atoms with Gasteiger partial charge in [-0.05, 0) is 38.1 Å². The molecule has 1 N–H and O–H groups in total. The molecule has 6 nitrogen and oxygen atoms in total. The van der Waals surface area contributed by atoms with Crippen molar-refractivity contribution in [3.63, 3.8) is 0 Å². The Morgan fingerprint density at radius 3 is 2.00 bits per heavy atom. The lowest BCUT2D eigenvalue weighted by Gasteiger charge is -2.18. The summed E-state index contributed by atoms with van der Waals surface area (Å²) >= 11 is 14.9. The maximum Gasteiger partial charge on any atom is 0.428 e. The van der Waals surface area contributed by atoms with E-state index in [1.807, 2.05) is 0 Å². The number of ether oxygens (including phenoxy) is 3. The van der Waals surface area contributed by atoms with Crippen LogP contribution >= 0.6 is 34.8 Å². The summed E-state index contributed by atoms with van der Waals surface area (Å²) < 4.78 is 39.3. The zero-order valence-corrected chi connectivity index (χ0v) is 15.5. The number of alkyl halides is 4. The molecular weight excluding hydrogens is 407 g/mol. The highest BCUT2D eigenvalue weighted by Gasteiger charge is 2.40. The standard InChI is InChI=1S/C11H11Cl2F2NO3.C3H5ClO2/c1-2-18-10(17)16-7-3-5-8(6-4-7)19-11(14,15)9(12)13;1-2-6-3(4)5/h3-6,9H,2H2,1H3,(H,16,17);2H2,1H3. The van der Waals surface area contributed by atoms with Crippen LogP contribution in [0.15, 0.2) is 24.3 Å². The van der Waals surface area contributed by atoms with E-state index >= 15 is 0 Å². The molecule has 25 heavy (non-hydrogen) atoms. The van der Waals surface area contributed by atoms with Crippen molar-refractivity contribution in [1.29, 1.82) is 0 Å². The number of anilines is 1. The summed E-state index contributed by atoms with van der Waals surface area (Å²) in [6.45, 7) is 3.93. The Morgan fingerprint density at radius 1 is 1.12 bits per heavy atom. The van der Waals surface area contributed by atoms with Crippen molar-refractivity contribution in [2.75, 3.05) is 18.5 Å². The Bertz CT molecular complexity index is 544. The summed E-state index contributed by atoms with van der Waals surface area (Å²) in [5.74, 6) is -0.134. The molecule has 142 valence electrons. The topological polar surface area (TPSA) is 73.9 Å². The second kappa shape index (κ2) is 11.9. The largest absolute Gasteiger partial charge is 0.454 e. The van der Waals surface area contributed by atoms with Gasteiger partial charge in [-0.15, -0.1) is 0 Å². The first-order chi connectivity index (χ1) is 11.6. The molecule has 0 spiro atoms. The fourth-order valence-corrected chi connectivity index (χ4v) is 1.40. The van der Waals surface area contributed by atoms with Crippen LogP contribution in [0.25, 0.3) is 0 Å². The summed E-state index contributed by atoms with van der Waals surface area (Å²) in [4.78, 5) is 18.7. The molecule has 0 aliphatic carbocycles. The van der Waals surface area contributed by atoms with Crippen LogP contribution in [-0.4, -0.2) is 35.7 Å². The first-order valence-corrected chi connectivity index (χ1v) is 8.08. The van der Waals surface area contributed by atoms with Crippen molar-refractivity contribution >= 4 is 52.0 Å². The van der Waals surface area contributed by atoms with Crippen LogP contribution in [0.1, 0.15) is 13.8 Å². The van der Waals surface area contributed by atoms with Gasteiger partial charge in [0.2, 0.25) is 4.84 Å². The van der Waals surface area contributed by atoms with E-state index in [1.54, 1.807) is 13.8 Å². The summed E-state index contributed by atoms with van der Waals surface area (Å²) in [7, 11) is 0. The highest BCUT2D eigenvalue weighted by atomic mass is 35.5. The molecule has 1 aromatic carbocycles. The number of amides is 1. The van der Waals surface area contributed by atoms with Gasteiger partial charge in [0, 0.05) is 17.3 Å². The van der Waals surface area contributed by atoms with E-state index < -0.39 is 22.5 Å². The second-order valence-electron chi connectivity index (χ2n) is 4.01. The number of benzene rings is 1. The zero-order chi connectivity index (χ0) is 19.5. The molecule has 0 atom stereocenters. The molecule has 0 aliphatic rings. The predicted octanol–water partition coefficient (Wildman–Crippen LogP) is 5.41. The Hall–Kier alpha value is -1.51. The maximum absolute atomic E-state index is 13.1. The smallest absolute Gasteiger partial charge is 0.428 e. The number of halogens is 5. The van der Waals surface area contributed by atoms with Gasteiger partial charge in [0.25, 0.3) is 0 Å². The molecule has 1 aromatic rings. The van der Waals surface area contributed by atoms with E-state index in [0.29, 0.717) is 12.3 Å². The van der Waals surface area contributed by atoms with E-state index in [0.717, 1.165) is 0 Å². The minimum atomic E-state index is -3.70. The van der Waals surface area contributed by atoms with Gasteiger partial charge in [-0.2, -0.15) is 8.78 Å². The number of nitrogens with one attached hydrogen (secondary N) is 1. The number of hydrogen-bond acceptors (Lipinski definition) is 5. The van der Waals surface area contributed by atoms with Gasteiger partial charge in [-0.1, -0.05) is 23.2 Å². The zero-order valence-electron chi connectivity index (χ0n) is 13.2. The van der Waals surface area contributed by atoms with Crippen molar-refractivity contribution < 1.29 is 32.6 Å². The van der Waals surface area contributed by atoms with Gasteiger partial charge in [0.05, 0.1) is 13.2 Å². The van der Waals surface area contributed by atoms with Gasteiger partial charge in [0.15, 0.2) is 0 Å². The predicted molar refractivity (Wildman–Crippen MR) is 91.0 cm³/mol. The van der Waals surface area contributed by atoms with Crippen LogP contribution in [-0.2, 0) is 9.47 Å². The summed E-state index contributed by atoms with van der Waals surface area (Å²) in [5.41, 5.74) is -0.361. The highest BCUT2D eigenvalue weighted by Crippen LogP contribution is 2.30. The first-order valence-electron chi connectivity index (χ1n) is 6.83. The number of hydrogen-bond donors (Lipinski definition) is 1. The van der Waals surface area contributed by atoms with Crippen molar-refractivity contribution in [3.05, 3.63) is 24.3 Å². The van der Waals surface area contributed by atoms with E-state index in [4.69, 9.17) is 34.8 Å². The van der Waals surface area contributed by atoms with Gasteiger partial charge in [-0.3, -0.25) is 5.32 Å². The minimum Gasteiger partial charge on any atom is -0.454 e. The van der Waals surface area contributed by atoms with Crippen LogP contribution < -0.4 is 10.1 Å². The van der Waals surface area contributed by atoms with Crippen LogP contribution in [0.4, 0.5) is 24.1 Å². The molecule has 0 saturated carbocycles. The van der Waals surface area contributed by atoms with Crippen LogP contribution in [0.3, 0.4) is 0 Å². The van der Waals surface area contributed by atoms with Crippen LogP contribution in [0.5, 0.6) is 5.75 Å². The molecule has 1 amide bonds. The molecule has 0 heterocycles. The van der Waals surface area contributed by atoms with E-state index in [9.17, 15) is 18.4 Å². The molecule has 0 saturated heterocycles. The number of carbonyl (C=O) groups excluding carboxylic acids is 2. The molecule has 0 radical (unpaired) electrons. The molecule has 1 rings (SSSR count). The van der Waals surface area contributed by atoms with Crippen LogP contribution in [0, 0.1) is 0 Å². The van der Waals surface area contributed by atoms with Crippen molar-refractivity contribution in [2.45, 2.75) is 24.8 Å². The fraction of sp³-hybridized carbons (Fsp3) is 0.429. The normalized spacial score (nSPS) is 10.4. The van der Waals surface area contributed by atoms with Crippen molar-refractivity contribution in [1.82, 2.24) is 0 Å². The van der Waals surface area contributed by atoms with Crippen molar-refractivity contribution in [2.24, 2.45) is 0 Å². The Balaban J connectivity index is 0.000000823. The summed E-state index contributed by atoms with van der Waals surface area (Å²) in [6.07, 6.45) is -4.33. The van der Waals surface area contributed by atoms with E-state index in [1.165, 1.54) is 24.3 Å². The molecule has 0 bridgehead atoms. The SMILES string of the molecule is CCOC(=O)Cl.CCOC(=O)Nc1ccc(OC(F)(F)C(Cl)Cl)cc1. The molecular formula is C14H16Cl3F2NO5. The van der Waals surface area contributed by atoms with E-state index in [2.05, 4.69) is 19.5 Å². The highest BCUT2D eigenvalue weighted by molar-refractivity contribution is 6.61. The van der Waals surface area contributed by atoms with Crippen LogP contribution in [0.2, 0.25) is 0 Å². The lowest BCUT2D eigenvalue weighted by molar-refractivity contribution is -0.163. The lowest BCUT2D eigenvalue weighted by atomic mass is 10.3. The van der Waals surface area contributed by atoms with Crippen molar-refractivity contribution in [3.8, 4) is 5.75 Å². The van der Waals surface area contributed by atoms with Gasteiger partial charge in [-0.25, -0.2) is 9.59 Å². The monoisotopic (exact) mass is 421 g/mol. The first kappa shape index (κ1) is 23.5. The molecule has 0 aliphatic heterocycles. The third kappa shape index (κ3) is 10.9. The molecule has 0 aromatic heterocycles. The third-order valence-corrected chi connectivity index (χ3v) is 2.76. The minimum absolute atomic E-state index is 0.134. The Labute approximate surface area is 158 Å². The third-order valence-electron chi connectivity index (χ3n) is 2.14. The quantitative estimate of drug-likeness (QED) is 0.490. The fourth-order valence-electron chi connectivity index (χ4n) is 1.21. The Kier molecular flexibility index (Phi) is 11.2. The molecule has 0 fully saturated rings. The molecule has 0 unspecified atom stereocenters. The number of carbonyl (C=O) groups is 2. The maximum atomic E-state index is 13.1. The summed E-state index contributed by atoms with van der Waals surface area (Å²) in [6, 6.07) is 5.23. The summed E-state index contributed by atoms with van der Waals surface area (Å²) in [5, 5.41) is 2.40. The average Bonchev–Trinajstić information content (AvgIpc) is 2.49. The second-order valence-corrected chi connectivity index (χ2v) is 5.41. The van der Waals surface area contributed by atoms with Gasteiger partial charge < -0.3 is 14.2 Å². The average molecular weight is 423 g/mol. The van der Waals surface area contributed by atoms with Gasteiger partial charge >= 0.3 is 17.6 Å². The lowest BCUT2D eigenvalue weighted by Crippen LogP contribution is -2.32. The number of rotatable bonds is 6. The van der Waals surface area contributed by atoms with E-state index in [-0.39, 0.29) is 12.4 Å². The molecule has 11 heteroatoms.